The first kappa shape index (κ1) is 19.1. The maximum atomic E-state index is 12.9. The Bertz CT molecular complexity index is 950. The van der Waals surface area contributed by atoms with Gasteiger partial charge in [-0.2, -0.15) is 5.26 Å². The van der Waals surface area contributed by atoms with Crippen molar-refractivity contribution in [2.45, 2.75) is 19.0 Å². The molecular formula is C21H20N4O3. The van der Waals surface area contributed by atoms with Crippen molar-refractivity contribution in [1.82, 2.24) is 15.1 Å². The number of carbonyl (C=O) groups is 3. The number of amides is 4. The molecule has 4 amide bonds. The van der Waals surface area contributed by atoms with E-state index in [0.717, 1.165) is 10.5 Å². The second-order valence-electron chi connectivity index (χ2n) is 6.87. The molecule has 1 saturated heterocycles. The van der Waals surface area contributed by atoms with Crippen LogP contribution < -0.4 is 5.32 Å². The number of hydrogen-bond donors (Lipinski definition) is 1. The van der Waals surface area contributed by atoms with Gasteiger partial charge in [0.15, 0.2) is 0 Å². The average Bonchev–Trinajstić information content (AvgIpc) is 2.93. The fourth-order valence-electron chi connectivity index (χ4n) is 3.11. The van der Waals surface area contributed by atoms with Crippen molar-refractivity contribution in [2.75, 3.05) is 13.6 Å². The van der Waals surface area contributed by atoms with Crippen LogP contribution in [0.3, 0.4) is 0 Å². The van der Waals surface area contributed by atoms with E-state index in [-0.39, 0.29) is 12.5 Å². The van der Waals surface area contributed by atoms with Gasteiger partial charge in [-0.05, 0) is 30.2 Å². The number of urea groups is 1. The number of carbonyl (C=O) groups excluding carboxylic acids is 3. The molecule has 1 atom stereocenters. The summed E-state index contributed by atoms with van der Waals surface area (Å²) in [5.74, 6) is -0.811. The Labute approximate surface area is 163 Å². The first-order valence-corrected chi connectivity index (χ1v) is 8.78. The van der Waals surface area contributed by atoms with Crippen LogP contribution in [0.25, 0.3) is 0 Å². The number of likely N-dealkylation sites (N-methyl/N-ethyl adjacent to an activating group) is 1. The summed E-state index contributed by atoms with van der Waals surface area (Å²) in [6, 6.07) is 17.3. The highest BCUT2D eigenvalue weighted by Gasteiger charge is 2.49. The molecule has 7 nitrogen and oxygen atoms in total. The number of benzene rings is 2. The van der Waals surface area contributed by atoms with E-state index in [9.17, 15) is 14.4 Å². The fraction of sp³-hybridized carbons (Fsp3) is 0.238. The summed E-state index contributed by atoms with van der Waals surface area (Å²) in [6.45, 7) is 1.61. The molecular weight excluding hydrogens is 356 g/mol. The van der Waals surface area contributed by atoms with Gasteiger partial charge < -0.3 is 10.2 Å². The van der Waals surface area contributed by atoms with Crippen molar-refractivity contribution in [1.29, 1.82) is 5.26 Å². The molecule has 0 bridgehead atoms. The van der Waals surface area contributed by atoms with E-state index in [4.69, 9.17) is 5.26 Å². The monoisotopic (exact) mass is 376 g/mol. The summed E-state index contributed by atoms with van der Waals surface area (Å²) < 4.78 is 0. The van der Waals surface area contributed by atoms with E-state index in [0.29, 0.717) is 17.7 Å². The van der Waals surface area contributed by atoms with Crippen molar-refractivity contribution in [3.63, 3.8) is 0 Å². The van der Waals surface area contributed by atoms with Crippen molar-refractivity contribution >= 4 is 17.8 Å². The normalized spacial score (nSPS) is 18.5. The number of nitrogens with one attached hydrogen (secondary N) is 1. The van der Waals surface area contributed by atoms with Crippen LogP contribution in [0.4, 0.5) is 4.79 Å². The van der Waals surface area contributed by atoms with Gasteiger partial charge in [-0.25, -0.2) is 4.79 Å². The Morgan fingerprint density at radius 2 is 1.79 bits per heavy atom. The van der Waals surface area contributed by atoms with Gasteiger partial charge in [0, 0.05) is 13.6 Å². The number of nitriles is 1. The highest BCUT2D eigenvalue weighted by Crippen LogP contribution is 2.28. The summed E-state index contributed by atoms with van der Waals surface area (Å²) >= 11 is 0. The molecule has 7 heteroatoms. The van der Waals surface area contributed by atoms with Gasteiger partial charge >= 0.3 is 6.03 Å². The zero-order valence-electron chi connectivity index (χ0n) is 15.7. The lowest BCUT2D eigenvalue weighted by molar-refractivity contribution is -0.138. The topological polar surface area (TPSA) is 93.5 Å². The third kappa shape index (κ3) is 3.58. The Hall–Kier alpha value is -3.66. The van der Waals surface area contributed by atoms with E-state index in [2.05, 4.69) is 5.32 Å². The first-order chi connectivity index (χ1) is 13.3. The summed E-state index contributed by atoms with van der Waals surface area (Å²) in [5, 5.41) is 11.5. The van der Waals surface area contributed by atoms with Gasteiger partial charge in [-0.1, -0.05) is 42.5 Å². The van der Waals surface area contributed by atoms with Crippen molar-refractivity contribution < 1.29 is 14.4 Å². The summed E-state index contributed by atoms with van der Waals surface area (Å²) in [6.07, 6.45) is 0. The minimum Gasteiger partial charge on any atom is -0.340 e. The van der Waals surface area contributed by atoms with Crippen LogP contribution in [0.1, 0.15) is 23.6 Å². The molecule has 28 heavy (non-hydrogen) atoms. The first-order valence-electron chi connectivity index (χ1n) is 8.78. The largest absolute Gasteiger partial charge is 0.340 e. The maximum Gasteiger partial charge on any atom is 0.325 e. The highest BCUT2D eigenvalue weighted by molar-refractivity contribution is 6.09. The van der Waals surface area contributed by atoms with Gasteiger partial charge in [0.1, 0.15) is 12.1 Å². The van der Waals surface area contributed by atoms with Crippen molar-refractivity contribution in [2.24, 2.45) is 0 Å². The number of rotatable bonds is 5. The lowest BCUT2D eigenvalue weighted by Gasteiger charge is -2.23. The average molecular weight is 376 g/mol. The predicted octanol–water partition coefficient (Wildman–Crippen LogP) is 1.98. The van der Waals surface area contributed by atoms with Crippen LogP contribution in [0.5, 0.6) is 0 Å². The van der Waals surface area contributed by atoms with Gasteiger partial charge in [-0.15, -0.1) is 0 Å². The van der Waals surface area contributed by atoms with Crippen LogP contribution in [0, 0.1) is 11.3 Å². The van der Waals surface area contributed by atoms with Crippen molar-refractivity contribution in [3.05, 3.63) is 71.3 Å². The van der Waals surface area contributed by atoms with E-state index in [1.807, 2.05) is 12.1 Å². The maximum absolute atomic E-state index is 12.9. The predicted molar refractivity (Wildman–Crippen MR) is 102 cm³/mol. The molecule has 142 valence electrons. The standard InChI is InChI=1S/C21H20N4O3/c1-21(17-6-4-3-5-7-17)19(27)25(20(28)23-21)14-18(26)24(2)13-16-10-8-15(12-22)9-11-16/h3-11H,13-14H2,1-2H3,(H,23,28). The molecule has 1 heterocycles. The quantitative estimate of drug-likeness (QED) is 0.808. The Kier molecular flexibility index (Phi) is 5.14. The zero-order valence-corrected chi connectivity index (χ0v) is 15.7. The fourth-order valence-corrected chi connectivity index (χ4v) is 3.11. The molecule has 0 saturated carbocycles. The van der Waals surface area contributed by atoms with E-state index in [1.54, 1.807) is 62.5 Å². The summed E-state index contributed by atoms with van der Waals surface area (Å²) in [5.41, 5.74) is 0.859. The van der Waals surface area contributed by atoms with Gasteiger partial charge in [-0.3, -0.25) is 14.5 Å². The lowest BCUT2D eigenvalue weighted by atomic mass is 9.92. The molecule has 0 aliphatic carbocycles. The van der Waals surface area contributed by atoms with E-state index < -0.39 is 17.5 Å². The molecule has 1 aliphatic heterocycles. The Morgan fingerprint density at radius 1 is 1.14 bits per heavy atom. The minimum absolute atomic E-state index is 0.310. The van der Waals surface area contributed by atoms with Crippen LogP contribution in [-0.4, -0.2) is 41.2 Å². The molecule has 0 radical (unpaired) electrons. The van der Waals surface area contributed by atoms with Crippen LogP contribution in [0.15, 0.2) is 54.6 Å². The van der Waals surface area contributed by atoms with Crippen LogP contribution in [0.2, 0.25) is 0 Å². The summed E-state index contributed by atoms with van der Waals surface area (Å²) in [7, 11) is 1.61. The zero-order chi connectivity index (χ0) is 20.3. The third-order valence-electron chi connectivity index (χ3n) is 4.85. The Morgan fingerprint density at radius 3 is 2.39 bits per heavy atom. The molecule has 0 spiro atoms. The van der Waals surface area contributed by atoms with Crippen LogP contribution >= 0.6 is 0 Å². The van der Waals surface area contributed by atoms with Crippen LogP contribution in [-0.2, 0) is 21.7 Å². The molecule has 1 aliphatic rings. The number of imide groups is 1. The summed E-state index contributed by atoms with van der Waals surface area (Å²) in [4.78, 5) is 40.2. The molecule has 3 rings (SSSR count). The van der Waals surface area contributed by atoms with Gasteiger partial charge in [0.05, 0.1) is 11.6 Å². The molecule has 2 aromatic carbocycles. The van der Waals surface area contributed by atoms with Gasteiger partial charge in [0.25, 0.3) is 5.91 Å². The molecule has 0 aromatic heterocycles. The third-order valence-corrected chi connectivity index (χ3v) is 4.85. The van der Waals surface area contributed by atoms with Crippen molar-refractivity contribution in [3.8, 4) is 6.07 Å². The molecule has 1 fully saturated rings. The second-order valence-corrected chi connectivity index (χ2v) is 6.87. The van der Waals surface area contributed by atoms with Gasteiger partial charge in [0.2, 0.25) is 5.91 Å². The lowest BCUT2D eigenvalue weighted by Crippen LogP contribution is -2.43. The Balaban J connectivity index is 1.68. The minimum atomic E-state index is -1.19. The van der Waals surface area contributed by atoms with E-state index >= 15 is 0 Å². The van der Waals surface area contributed by atoms with E-state index in [1.165, 1.54) is 4.90 Å². The molecule has 2 aromatic rings. The number of hydrogen-bond acceptors (Lipinski definition) is 4. The highest BCUT2D eigenvalue weighted by atomic mass is 16.2. The molecule has 1 N–H and O–H groups in total. The number of nitrogens with zero attached hydrogens (tertiary/aromatic N) is 3. The molecule has 1 unspecified atom stereocenters. The smallest absolute Gasteiger partial charge is 0.325 e. The SMILES string of the molecule is CN(Cc1ccc(C#N)cc1)C(=O)CN1C(=O)NC(C)(c2ccccc2)C1=O. The second kappa shape index (κ2) is 7.53.